The van der Waals surface area contributed by atoms with Gasteiger partial charge in [-0.2, -0.15) is 13.2 Å². The highest BCUT2D eigenvalue weighted by Gasteiger charge is 2.27. The number of rotatable bonds is 5. The van der Waals surface area contributed by atoms with Gasteiger partial charge in [-0.15, -0.1) is 0 Å². The van der Waals surface area contributed by atoms with Crippen molar-refractivity contribution < 1.29 is 22.7 Å². The molecule has 1 heterocycles. The number of alkyl halides is 3. The summed E-state index contributed by atoms with van der Waals surface area (Å²) >= 11 is 5.59. The number of hydrogen-bond donors (Lipinski definition) is 1. The largest absolute Gasteiger partial charge is 0.411 e. The van der Waals surface area contributed by atoms with Crippen molar-refractivity contribution in [1.82, 2.24) is 4.98 Å². The van der Waals surface area contributed by atoms with Crippen molar-refractivity contribution in [2.75, 3.05) is 18.5 Å². The molecule has 4 nitrogen and oxygen atoms in total. The number of anilines is 1. The molecule has 0 atom stereocenters. The predicted octanol–water partition coefficient (Wildman–Crippen LogP) is 2.64. The minimum Gasteiger partial charge on any atom is -0.372 e. The Morgan fingerprint density at radius 2 is 2.17 bits per heavy atom. The standard InChI is InChI=1S/C10H10ClF3N2O2/c11-7-2-1-3-8(15-7)16-9(17)4-5-18-6-10(12,13)14/h1-3H,4-6H2,(H,15,16,17). The van der Waals surface area contributed by atoms with Crippen LogP contribution in [0.15, 0.2) is 18.2 Å². The normalized spacial score (nSPS) is 11.3. The van der Waals surface area contributed by atoms with Gasteiger partial charge in [0.2, 0.25) is 5.91 Å². The van der Waals surface area contributed by atoms with Crippen molar-refractivity contribution in [2.45, 2.75) is 12.6 Å². The lowest BCUT2D eigenvalue weighted by atomic mass is 10.4. The van der Waals surface area contributed by atoms with E-state index in [-0.39, 0.29) is 24.0 Å². The number of pyridine rings is 1. The number of nitrogens with one attached hydrogen (secondary N) is 1. The van der Waals surface area contributed by atoms with E-state index < -0.39 is 18.7 Å². The molecule has 18 heavy (non-hydrogen) atoms. The molecule has 0 radical (unpaired) electrons. The second-order valence-corrected chi connectivity index (χ2v) is 3.70. The van der Waals surface area contributed by atoms with Gasteiger partial charge in [0.25, 0.3) is 0 Å². The zero-order valence-corrected chi connectivity index (χ0v) is 9.88. The Morgan fingerprint density at radius 3 is 2.78 bits per heavy atom. The highest BCUT2D eigenvalue weighted by Crippen LogP contribution is 2.14. The van der Waals surface area contributed by atoms with Gasteiger partial charge in [0, 0.05) is 0 Å². The summed E-state index contributed by atoms with van der Waals surface area (Å²) in [6.45, 7) is -1.68. The predicted molar refractivity (Wildman–Crippen MR) is 59.4 cm³/mol. The average Bonchev–Trinajstić information content (AvgIpc) is 2.23. The molecule has 0 aromatic carbocycles. The Kier molecular flexibility index (Phi) is 5.36. The van der Waals surface area contributed by atoms with E-state index in [1.165, 1.54) is 12.1 Å². The summed E-state index contributed by atoms with van der Waals surface area (Å²) in [4.78, 5) is 15.1. The van der Waals surface area contributed by atoms with Crippen LogP contribution in [-0.4, -0.2) is 30.3 Å². The van der Waals surface area contributed by atoms with Gasteiger partial charge in [-0.3, -0.25) is 4.79 Å². The van der Waals surface area contributed by atoms with Gasteiger partial charge < -0.3 is 10.1 Å². The van der Waals surface area contributed by atoms with E-state index >= 15 is 0 Å². The quantitative estimate of drug-likeness (QED) is 0.667. The van der Waals surface area contributed by atoms with Gasteiger partial charge in [0.15, 0.2) is 0 Å². The molecule has 100 valence electrons. The number of carbonyl (C=O) groups is 1. The lowest BCUT2D eigenvalue weighted by Gasteiger charge is -2.07. The van der Waals surface area contributed by atoms with Crippen LogP contribution >= 0.6 is 11.6 Å². The van der Waals surface area contributed by atoms with E-state index in [1.54, 1.807) is 6.07 Å². The SMILES string of the molecule is O=C(CCOCC(F)(F)F)Nc1cccc(Cl)n1. The first kappa shape index (κ1) is 14.7. The Balaban J connectivity index is 2.26. The molecule has 0 saturated carbocycles. The van der Waals surface area contributed by atoms with Gasteiger partial charge in [0.05, 0.1) is 13.0 Å². The molecule has 0 aliphatic heterocycles. The molecule has 0 fully saturated rings. The van der Waals surface area contributed by atoms with Crippen molar-refractivity contribution in [1.29, 1.82) is 0 Å². The van der Waals surface area contributed by atoms with Crippen LogP contribution in [0.4, 0.5) is 19.0 Å². The smallest absolute Gasteiger partial charge is 0.372 e. The third-order valence-corrected chi connectivity index (χ3v) is 1.93. The molecule has 0 aliphatic rings. The van der Waals surface area contributed by atoms with Gasteiger partial charge >= 0.3 is 6.18 Å². The van der Waals surface area contributed by atoms with E-state index in [4.69, 9.17) is 11.6 Å². The van der Waals surface area contributed by atoms with Crippen LogP contribution in [0, 0.1) is 0 Å². The second kappa shape index (κ2) is 6.55. The first-order valence-corrected chi connectivity index (χ1v) is 5.31. The molecule has 1 amide bonds. The summed E-state index contributed by atoms with van der Waals surface area (Å²) in [5.74, 6) is -0.254. The Bertz CT molecular complexity index is 412. The molecule has 8 heteroatoms. The topological polar surface area (TPSA) is 51.2 Å². The summed E-state index contributed by atoms with van der Waals surface area (Å²) < 4.78 is 39.5. The molecular formula is C10H10ClF3N2O2. The fourth-order valence-electron chi connectivity index (χ4n) is 1.04. The van der Waals surface area contributed by atoms with Crippen molar-refractivity contribution in [2.24, 2.45) is 0 Å². The molecule has 0 spiro atoms. The molecule has 1 rings (SSSR count). The Labute approximate surface area is 106 Å². The minimum atomic E-state index is -4.38. The van der Waals surface area contributed by atoms with E-state index in [2.05, 4.69) is 15.0 Å². The summed E-state index contributed by atoms with van der Waals surface area (Å²) in [5, 5.41) is 2.59. The van der Waals surface area contributed by atoms with Gasteiger partial charge in [-0.05, 0) is 12.1 Å². The van der Waals surface area contributed by atoms with E-state index in [0.717, 1.165) is 0 Å². The Morgan fingerprint density at radius 1 is 1.44 bits per heavy atom. The highest BCUT2D eigenvalue weighted by molar-refractivity contribution is 6.29. The van der Waals surface area contributed by atoms with Gasteiger partial charge in [-0.1, -0.05) is 17.7 Å². The monoisotopic (exact) mass is 282 g/mol. The number of halogens is 4. The molecule has 1 N–H and O–H groups in total. The molecular weight excluding hydrogens is 273 g/mol. The maximum absolute atomic E-state index is 11.7. The molecule has 1 aromatic heterocycles. The maximum Gasteiger partial charge on any atom is 0.411 e. The third-order valence-electron chi connectivity index (χ3n) is 1.72. The van der Waals surface area contributed by atoms with Crippen LogP contribution in [0.25, 0.3) is 0 Å². The lowest BCUT2D eigenvalue weighted by molar-refractivity contribution is -0.174. The summed E-state index contributed by atoms with van der Waals surface area (Å²) in [5.41, 5.74) is 0. The lowest BCUT2D eigenvalue weighted by Crippen LogP contribution is -2.20. The fraction of sp³-hybridized carbons (Fsp3) is 0.400. The minimum absolute atomic E-state index is 0.190. The third kappa shape index (κ3) is 6.41. The maximum atomic E-state index is 11.7. The number of ether oxygens (including phenoxy) is 1. The van der Waals surface area contributed by atoms with Gasteiger partial charge in [-0.25, -0.2) is 4.98 Å². The highest BCUT2D eigenvalue weighted by atomic mass is 35.5. The number of carbonyl (C=O) groups excluding carboxylic acids is 1. The summed E-state index contributed by atoms with van der Waals surface area (Å²) in [6, 6.07) is 4.63. The van der Waals surface area contributed by atoms with E-state index in [1.807, 2.05) is 0 Å². The number of hydrogen-bond acceptors (Lipinski definition) is 3. The number of nitrogens with zero attached hydrogens (tertiary/aromatic N) is 1. The van der Waals surface area contributed by atoms with Crippen LogP contribution in [0.1, 0.15) is 6.42 Å². The average molecular weight is 283 g/mol. The number of amides is 1. The van der Waals surface area contributed by atoms with Crippen LogP contribution < -0.4 is 5.32 Å². The van der Waals surface area contributed by atoms with Crippen LogP contribution in [-0.2, 0) is 9.53 Å². The summed E-state index contributed by atoms with van der Waals surface area (Å²) in [7, 11) is 0. The van der Waals surface area contributed by atoms with Crippen LogP contribution in [0.5, 0.6) is 0 Å². The van der Waals surface area contributed by atoms with Crippen molar-refractivity contribution in [3.63, 3.8) is 0 Å². The van der Waals surface area contributed by atoms with Crippen LogP contribution in [0.2, 0.25) is 5.15 Å². The van der Waals surface area contributed by atoms with Crippen molar-refractivity contribution >= 4 is 23.3 Å². The molecule has 0 aliphatic carbocycles. The van der Waals surface area contributed by atoms with Gasteiger partial charge in [0.1, 0.15) is 17.6 Å². The van der Waals surface area contributed by atoms with E-state index in [9.17, 15) is 18.0 Å². The van der Waals surface area contributed by atoms with E-state index in [0.29, 0.717) is 0 Å². The molecule has 0 bridgehead atoms. The zero-order valence-electron chi connectivity index (χ0n) is 9.13. The Hall–Kier alpha value is -1.34. The molecule has 0 unspecified atom stereocenters. The number of aromatic nitrogens is 1. The van der Waals surface area contributed by atoms with Crippen LogP contribution in [0.3, 0.4) is 0 Å². The molecule has 1 aromatic rings. The second-order valence-electron chi connectivity index (χ2n) is 3.31. The summed E-state index contributed by atoms with van der Waals surface area (Å²) in [6.07, 6.45) is -4.57. The van der Waals surface area contributed by atoms with Crippen molar-refractivity contribution in [3.05, 3.63) is 23.4 Å². The zero-order chi connectivity index (χ0) is 13.6. The fourth-order valence-corrected chi connectivity index (χ4v) is 1.20. The first-order chi connectivity index (χ1) is 8.37. The molecule has 0 saturated heterocycles. The van der Waals surface area contributed by atoms with Crippen molar-refractivity contribution in [3.8, 4) is 0 Å². The first-order valence-electron chi connectivity index (χ1n) is 4.94.